The van der Waals surface area contributed by atoms with Crippen LogP contribution in [0.1, 0.15) is 0 Å². The van der Waals surface area contributed by atoms with Crippen LogP contribution in [0.4, 0.5) is 11.4 Å². The number of hydrogen-bond acceptors (Lipinski definition) is 4. The maximum absolute atomic E-state index is 12.0. The summed E-state index contributed by atoms with van der Waals surface area (Å²) in [6, 6.07) is 12.7. The third-order valence-electron chi connectivity index (χ3n) is 3.77. The van der Waals surface area contributed by atoms with Crippen LogP contribution >= 0.6 is 27.5 Å². The summed E-state index contributed by atoms with van der Waals surface area (Å²) in [6.45, 7) is 3.11. The lowest BCUT2D eigenvalue weighted by Gasteiger charge is -2.29. The zero-order chi connectivity index (χ0) is 17.6. The van der Waals surface area contributed by atoms with Crippen LogP contribution in [0.15, 0.2) is 46.9 Å². The van der Waals surface area contributed by atoms with Crippen LogP contribution in [0.3, 0.4) is 0 Å². The van der Waals surface area contributed by atoms with E-state index >= 15 is 0 Å². The fourth-order valence-electron chi connectivity index (χ4n) is 2.52. The average Bonchev–Trinajstić information content (AvgIpc) is 2.62. The molecule has 1 N–H and O–H groups in total. The molecule has 1 fully saturated rings. The minimum atomic E-state index is -0.221. The van der Waals surface area contributed by atoms with E-state index in [1.807, 2.05) is 18.2 Å². The Morgan fingerprint density at radius 1 is 1.20 bits per heavy atom. The first-order valence-electron chi connectivity index (χ1n) is 7.92. The molecule has 1 aliphatic rings. The molecule has 0 aromatic heterocycles. The number of hydrogen-bond donors (Lipinski definition) is 1. The van der Waals surface area contributed by atoms with E-state index in [1.165, 1.54) is 0 Å². The molecule has 0 atom stereocenters. The van der Waals surface area contributed by atoms with E-state index in [4.69, 9.17) is 21.1 Å². The van der Waals surface area contributed by atoms with E-state index in [0.717, 1.165) is 36.5 Å². The Bertz CT molecular complexity index is 734. The zero-order valence-corrected chi connectivity index (χ0v) is 15.8. The van der Waals surface area contributed by atoms with Gasteiger partial charge in [-0.05, 0) is 58.4 Å². The molecule has 1 amide bonds. The fraction of sp³-hybridized carbons (Fsp3) is 0.278. The van der Waals surface area contributed by atoms with Crippen molar-refractivity contribution in [2.75, 3.05) is 43.1 Å². The van der Waals surface area contributed by atoms with Gasteiger partial charge in [0.15, 0.2) is 6.61 Å². The second-order valence-corrected chi connectivity index (χ2v) is 6.85. The number of anilines is 2. The lowest BCUT2D eigenvalue weighted by molar-refractivity contribution is -0.118. The Morgan fingerprint density at radius 3 is 2.60 bits per heavy atom. The van der Waals surface area contributed by atoms with Crippen LogP contribution in [0.2, 0.25) is 5.02 Å². The number of halogens is 2. The molecule has 5 nitrogen and oxygen atoms in total. The second kappa shape index (κ2) is 8.56. The largest absolute Gasteiger partial charge is 0.484 e. The summed E-state index contributed by atoms with van der Waals surface area (Å²) in [5, 5.41) is 3.46. The molecule has 132 valence electrons. The van der Waals surface area contributed by atoms with Crippen molar-refractivity contribution in [1.29, 1.82) is 0 Å². The number of rotatable bonds is 5. The van der Waals surface area contributed by atoms with Crippen molar-refractivity contribution < 1.29 is 14.3 Å². The topological polar surface area (TPSA) is 50.8 Å². The van der Waals surface area contributed by atoms with Crippen molar-refractivity contribution in [3.63, 3.8) is 0 Å². The van der Waals surface area contributed by atoms with E-state index in [0.29, 0.717) is 16.5 Å². The molecule has 0 radical (unpaired) electrons. The van der Waals surface area contributed by atoms with Crippen molar-refractivity contribution in [3.05, 3.63) is 52.0 Å². The number of nitrogens with zero attached hydrogens (tertiary/aromatic N) is 1. The summed E-state index contributed by atoms with van der Waals surface area (Å²) in [5.74, 6) is 0.379. The SMILES string of the molecule is O=C(COc1ccc(Cl)cc1)Nc1ccc(N2CCOCC2)c(Br)c1. The summed E-state index contributed by atoms with van der Waals surface area (Å²) in [5.41, 5.74) is 1.81. The number of ether oxygens (including phenoxy) is 2. The quantitative estimate of drug-likeness (QED) is 0.788. The number of amides is 1. The number of nitrogens with one attached hydrogen (secondary N) is 1. The predicted molar refractivity (Wildman–Crippen MR) is 103 cm³/mol. The van der Waals surface area contributed by atoms with Gasteiger partial charge in [0.25, 0.3) is 5.91 Å². The normalized spacial score (nSPS) is 14.2. The van der Waals surface area contributed by atoms with Crippen LogP contribution in [0.25, 0.3) is 0 Å². The van der Waals surface area contributed by atoms with Gasteiger partial charge in [0.05, 0.1) is 18.9 Å². The van der Waals surface area contributed by atoms with Gasteiger partial charge in [-0.15, -0.1) is 0 Å². The monoisotopic (exact) mass is 424 g/mol. The number of carbonyl (C=O) groups excluding carboxylic acids is 1. The smallest absolute Gasteiger partial charge is 0.262 e. The Morgan fingerprint density at radius 2 is 1.92 bits per heavy atom. The van der Waals surface area contributed by atoms with Gasteiger partial charge in [0, 0.05) is 28.3 Å². The number of carbonyl (C=O) groups is 1. The highest BCUT2D eigenvalue weighted by Crippen LogP contribution is 2.29. The molecule has 25 heavy (non-hydrogen) atoms. The summed E-state index contributed by atoms with van der Waals surface area (Å²) in [4.78, 5) is 14.3. The van der Waals surface area contributed by atoms with E-state index < -0.39 is 0 Å². The Balaban J connectivity index is 1.55. The highest BCUT2D eigenvalue weighted by Gasteiger charge is 2.14. The molecule has 0 spiro atoms. The Hall–Kier alpha value is -1.76. The Labute approximate surface area is 160 Å². The fourth-order valence-corrected chi connectivity index (χ4v) is 3.28. The third-order valence-corrected chi connectivity index (χ3v) is 4.65. The molecule has 2 aromatic carbocycles. The van der Waals surface area contributed by atoms with Crippen molar-refractivity contribution in [1.82, 2.24) is 0 Å². The maximum atomic E-state index is 12.0. The lowest BCUT2D eigenvalue weighted by Crippen LogP contribution is -2.36. The summed E-state index contributed by atoms with van der Waals surface area (Å²) >= 11 is 9.39. The van der Waals surface area contributed by atoms with Crippen molar-refractivity contribution in [2.24, 2.45) is 0 Å². The summed E-state index contributed by atoms with van der Waals surface area (Å²) in [7, 11) is 0. The molecule has 0 bridgehead atoms. The van der Waals surface area contributed by atoms with E-state index in [2.05, 4.69) is 26.1 Å². The summed E-state index contributed by atoms with van der Waals surface area (Å²) in [6.07, 6.45) is 0. The molecular weight excluding hydrogens is 408 g/mol. The first-order chi connectivity index (χ1) is 12.1. The maximum Gasteiger partial charge on any atom is 0.262 e. The molecule has 0 unspecified atom stereocenters. The van der Waals surface area contributed by atoms with Gasteiger partial charge in [-0.1, -0.05) is 11.6 Å². The molecular formula is C18H18BrClN2O3. The van der Waals surface area contributed by atoms with Crippen LogP contribution in [-0.2, 0) is 9.53 Å². The molecule has 1 saturated heterocycles. The first kappa shape index (κ1) is 18.0. The molecule has 1 heterocycles. The minimum absolute atomic E-state index is 0.0650. The third kappa shape index (κ3) is 5.11. The van der Waals surface area contributed by atoms with Gasteiger partial charge in [-0.25, -0.2) is 0 Å². The first-order valence-corrected chi connectivity index (χ1v) is 9.09. The Kier molecular flexibility index (Phi) is 6.18. The van der Waals surface area contributed by atoms with Gasteiger partial charge in [-0.2, -0.15) is 0 Å². The number of benzene rings is 2. The van der Waals surface area contributed by atoms with E-state index in [-0.39, 0.29) is 12.5 Å². The molecule has 0 saturated carbocycles. The van der Waals surface area contributed by atoms with Crippen LogP contribution in [0.5, 0.6) is 5.75 Å². The van der Waals surface area contributed by atoms with E-state index in [1.54, 1.807) is 24.3 Å². The van der Waals surface area contributed by atoms with Crippen LogP contribution in [0, 0.1) is 0 Å². The average molecular weight is 426 g/mol. The van der Waals surface area contributed by atoms with Gasteiger partial charge in [0.1, 0.15) is 5.75 Å². The standard InChI is InChI=1S/C18H18BrClN2O3/c19-16-11-14(3-6-17(16)22-7-9-24-10-8-22)21-18(23)12-25-15-4-1-13(20)2-5-15/h1-6,11H,7-10,12H2,(H,21,23). The van der Waals surface area contributed by atoms with Crippen molar-refractivity contribution in [3.8, 4) is 5.75 Å². The predicted octanol–water partition coefficient (Wildman–Crippen LogP) is 3.96. The van der Waals surface area contributed by atoms with Gasteiger partial charge in [-0.3, -0.25) is 4.79 Å². The molecule has 2 aromatic rings. The lowest BCUT2D eigenvalue weighted by atomic mass is 10.2. The van der Waals surface area contributed by atoms with Crippen LogP contribution in [-0.4, -0.2) is 38.8 Å². The highest BCUT2D eigenvalue weighted by molar-refractivity contribution is 9.10. The van der Waals surface area contributed by atoms with Gasteiger partial charge >= 0.3 is 0 Å². The van der Waals surface area contributed by atoms with Crippen LogP contribution < -0.4 is 15.0 Å². The van der Waals surface area contributed by atoms with Gasteiger partial charge in [0.2, 0.25) is 0 Å². The minimum Gasteiger partial charge on any atom is -0.484 e. The van der Waals surface area contributed by atoms with Gasteiger partial charge < -0.3 is 19.7 Å². The second-order valence-electron chi connectivity index (χ2n) is 5.56. The highest BCUT2D eigenvalue weighted by atomic mass is 79.9. The zero-order valence-electron chi connectivity index (χ0n) is 13.5. The molecule has 1 aliphatic heterocycles. The van der Waals surface area contributed by atoms with Crippen molar-refractivity contribution >= 4 is 44.8 Å². The number of morpholine rings is 1. The molecule has 3 rings (SSSR count). The molecule has 7 heteroatoms. The summed E-state index contributed by atoms with van der Waals surface area (Å²) < 4.78 is 11.7. The van der Waals surface area contributed by atoms with Crippen molar-refractivity contribution in [2.45, 2.75) is 0 Å². The molecule has 0 aliphatic carbocycles. The van der Waals surface area contributed by atoms with E-state index in [9.17, 15) is 4.79 Å².